The van der Waals surface area contributed by atoms with E-state index in [4.69, 9.17) is 4.11 Å². The van der Waals surface area contributed by atoms with E-state index in [1.54, 1.807) is 6.92 Å². The predicted octanol–water partition coefficient (Wildman–Crippen LogP) is 2.96. The molecule has 0 saturated heterocycles. The number of carbonyl (C=O) groups is 1. The van der Waals surface area contributed by atoms with Crippen molar-refractivity contribution in [3.63, 3.8) is 0 Å². The molecule has 2 aromatic rings. The van der Waals surface area contributed by atoms with Gasteiger partial charge in [0.1, 0.15) is 11.6 Å². The minimum Gasteiger partial charge on any atom is -0.465 e. The summed E-state index contributed by atoms with van der Waals surface area (Å²) in [5, 5.41) is 13.3. The highest BCUT2D eigenvalue weighted by Crippen LogP contribution is 2.35. The average molecular weight is 310 g/mol. The van der Waals surface area contributed by atoms with Gasteiger partial charge in [-0.15, -0.1) is 0 Å². The molecule has 1 aromatic heterocycles. The van der Waals surface area contributed by atoms with Crippen molar-refractivity contribution in [2.45, 2.75) is 19.4 Å². The molecule has 0 radical (unpaired) electrons. The Labute approximate surface area is 130 Å². The highest BCUT2D eigenvalue weighted by atomic mass is 19.1. The molecule has 2 heterocycles. The van der Waals surface area contributed by atoms with Crippen molar-refractivity contribution in [2.75, 3.05) is 6.54 Å². The molecular formula is C15H15F2N3O2. The molecule has 0 spiro atoms. The maximum atomic E-state index is 13.6. The first-order chi connectivity index (χ1) is 11.6. The molecule has 1 atom stereocenters. The Morgan fingerprint density at radius 1 is 1.41 bits per heavy atom. The summed E-state index contributed by atoms with van der Waals surface area (Å²) >= 11 is 0. The van der Waals surface area contributed by atoms with Crippen LogP contribution in [0, 0.1) is 11.6 Å². The number of carboxylic acid groups (broad SMARTS) is 1. The van der Waals surface area contributed by atoms with Crippen LogP contribution in [-0.4, -0.2) is 32.4 Å². The lowest BCUT2D eigenvalue weighted by molar-refractivity contribution is 0.123. The molecule has 0 saturated carbocycles. The predicted molar refractivity (Wildman–Crippen MR) is 75.4 cm³/mol. The zero-order valence-electron chi connectivity index (χ0n) is 14.7. The second-order valence-corrected chi connectivity index (χ2v) is 5.18. The first-order valence-corrected chi connectivity index (χ1v) is 6.68. The zero-order valence-corrected chi connectivity index (χ0v) is 11.7. The van der Waals surface area contributed by atoms with Crippen molar-refractivity contribution < 1.29 is 22.8 Å². The van der Waals surface area contributed by atoms with Crippen LogP contribution in [0.2, 0.25) is 0 Å². The summed E-state index contributed by atoms with van der Waals surface area (Å²) in [5.74, 6) is -1.67. The van der Waals surface area contributed by atoms with E-state index in [9.17, 15) is 18.7 Å². The third kappa shape index (κ3) is 2.22. The number of aromatic nitrogens is 2. The summed E-state index contributed by atoms with van der Waals surface area (Å²) < 4.78 is 51.0. The van der Waals surface area contributed by atoms with Gasteiger partial charge in [-0.1, -0.05) is 0 Å². The van der Waals surface area contributed by atoms with E-state index < -0.39 is 30.7 Å². The van der Waals surface area contributed by atoms with Gasteiger partial charge in [0, 0.05) is 34.8 Å². The van der Waals surface area contributed by atoms with Crippen LogP contribution in [0.1, 0.15) is 28.3 Å². The lowest BCUT2D eigenvalue weighted by Gasteiger charge is -2.30. The first kappa shape index (κ1) is 11.2. The van der Waals surface area contributed by atoms with E-state index in [1.807, 2.05) is 0 Å². The van der Waals surface area contributed by atoms with Crippen molar-refractivity contribution in [2.24, 2.45) is 6.98 Å². The van der Waals surface area contributed by atoms with Crippen LogP contribution >= 0.6 is 0 Å². The van der Waals surface area contributed by atoms with E-state index in [1.165, 1.54) is 0 Å². The summed E-state index contributed by atoms with van der Waals surface area (Å²) in [7, 11) is 0. The second-order valence-electron chi connectivity index (χ2n) is 5.18. The number of nitrogens with zero attached hydrogens (tertiary/aromatic N) is 3. The Hall–Kier alpha value is -2.44. The molecule has 5 nitrogen and oxygen atoms in total. The number of hydrogen-bond acceptors (Lipinski definition) is 2. The molecule has 1 aliphatic rings. The van der Waals surface area contributed by atoms with Gasteiger partial charge in [0.15, 0.2) is 0 Å². The van der Waals surface area contributed by atoms with Crippen molar-refractivity contribution in [3.8, 4) is 11.3 Å². The molecule has 0 fully saturated rings. The number of amides is 1. The minimum atomic E-state index is -2.68. The number of hydrogen-bond donors (Lipinski definition) is 1. The molecule has 1 amide bonds. The molecule has 1 unspecified atom stereocenters. The summed E-state index contributed by atoms with van der Waals surface area (Å²) in [4.78, 5) is 12.5. The number of rotatable bonds is 1. The van der Waals surface area contributed by atoms with E-state index >= 15 is 0 Å². The quantitative estimate of drug-likeness (QED) is 0.881. The third-order valence-electron chi connectivity index (χ3n) is 3.86. The monoisotopic (exact) mass is 310 g/mol. The van der Waals surface area contributed by atoms with E-state index in [0.717, 1.165) is 21.7 Å². The third-order valence-corrected chi connectivity index (χ3v) is 3.86. The Bertz CT molecular complexity index is 831. The van der Waals surface area contributed by atoms with Crippen molar-refractivity contribution in [3.05, 3.63) is 41.1 Å². The Morgan fingerprint density at radius 3 is 2.68 bits per heavy atom. The highest BCUT2D eigenvalue weighted by Gasteiger charge is 2.32. The summed E-state index contributed by atoms with van der Waals surface area (Å²) in [5.41, 5.74) is 0.916. The van der Waals surface area contributed by atoms with Crippen LogP contribution in [0.5, 0.6) is 0 Å². The smallest absolute Gasteiger partial charge is 0.407 e. The fourth-order valence-corrected chi connectivity index (χ4v) is 2.87. The Morgan fingerprint density at radius 2 is 2.09 bits per heavy atom. The fraction of sp³-hybridized carbons (Fsp3) is 0.333. The lowest BCUT2D eigenvalue weighted by Crippen LogP contribution is -2.37. The summed E-state index contributed by atoms with van der Waals surface area (Å²) in [6.45, 7) is -0.941. The van der Waals surface area contributed by atoms with Crippen LogP contribution < -0.4 is 0 Å². The topological polar surface area (TPSA) is 58.4 Å². The Balaban J connectivity index is 2.25. The SMILES string of the molecule is [2H]C([2H])([2H])n1nc2c(c1-c1cc(F)cc(F)c1)CCN(C(=O)O)C2C. The van der Waals surface area contributed by atoms with Crippen LogP contribution in [0.25, 0.3) is 11.3 Å². The van der Waals surface area contributed by atoms with Gasteiger partial charge in [-0.25, -0.2) is 13.6 Å². The van der Waals surface area contributed by atoms with Crippen molar-refractivity contribution in [1.29, 1.82) is 0 Å². The van der Waals surface area contributed by atoms with Gasteiger partial charge >= 0.3 is 6.09 Å². The van der Waals surface area contributed by atoms with E-state index in [2.05, 4.69) is 5.10 Å². The van der Waals surface area contributed by atoms with Crippen LogP contribution in [0.4, 0.5) is 13.6 Å². The van der Waals surface area contributed by atoms with Gasteiger partial charge in [-0.3, -0.25) is 9.58 Å². The Kier molecular flexibility index (Phi) is 2.58. The molecule has 0 aliphatic carbocycles. The van der Waals surface area contributed by atoms with Gasteiger partial charge in [-0.2, -0.15) is 5.10 Å². The molecule has 1 aromatic carbocycles. The van der Waals surface area contributed by atoms with Crippen LogP contribution in [0.3, 0.4) is 0 Å². The van der Waals surface area contributed by atoms with E-state index in [-0.39, 0.29) is 29.9 Å². The molecule has 0 bridgehead atoms. The largest absolute Gasteiger partial charge is 0.465 e. The molecule has 1 N–H and O–H groups in total. The van der Waals surface area contributed by atoms with Gasteiger partial charge in [0.25, 0.3) is 0 Å². The molecule has 1 aliphatic heterocycles. The maximum absolute atomic E-state index is 13.6. The average Bonchev–Trinajstić information content (AvgIpc) is 2.86. The number of aryl methyl sites for hydroxylation is 1. The van der Waals surface area contributed by atoms with Crippen molar-refractivity contribution >= 4 is 6.09 Å². The van der Waals surface area contributed by atoms with Crippen molar-refractivity contribution in [1.82, 2.24) is 14.7 Å². The number of halogens is 2. The summed E-state index contributed by atoms with van der Waals surface area (Å²) in [6.07, 6.45) is -0.935. The van der Waals surface area contributed by atoms with Gasteiger partial charge < -0.3 is 5.11 Å². The lowest BCUT2D eigenvalue weighted by atomic mass is 9.96. The standard InChI is InChI=1S/C15H15F2N3O2/c1-8-13-12(3-4-20(8)15(21)22)14(19(2)18-13)9-5-10(16)7-11(17)6-9/h5-8H,3-4H2,1-2H3,(H,21,22)/i2D3. The van der Waals surface area contributed by atoms with Gasteiger partial charge in [0.2, 0.25) is 0 Å². The molecule has 22 heavy (non-hydrogen) atoms. The molecule has 7 heteroatoms. The molecule has 3 rings (SSSR count). The molecular weight excluding hydrogens is 292 g/mol. The highest BCUT2D eigenvalue weighted by molar-refractivity contribution is 5.69. The minimum absolute atomic E-state index is 0.0540. The van der Waals surface area contributed by atoms with Crippen LogP contribution in [0.15, 0.2) is 18.2 Å². The normalized spacial score (nSPS) is 20.0. The second kappa shape index (κ2) is 5.08. The number of fused-ring (bicyclic) bond motifs is 1. The summed E-state index contributed by atoms with van der Waals surface area (Å²) in [6, 6.07) is 2.11. The zero-order chi connectivity index (χ0) is 18.5. The maximum Gasteiger partial charge on any atom is 0.407 e. The first-order valence-electron chi connectivity index (χ1n) is 8.18. The van der Waals surface area contributed by atoms with Gasteiger partial charge in [-0.05, 0) is 25.5 Å². The number of benzene rings is 1. The van der Waals surface area contributed by atoms with E-state index in [0.29, 0.717) is 11.6 Å². The van der Waals surface area contributed by atoms with Gasteiger partial charge in [0.05, 0.1) is 17.4 Å². The fourth-order valence-electron chi connectivity index (χ4n) is 2.87. The van der Waals surface area contributed by atoms with Crippen LogP contribution in [-0.2, 0) is 13.4 Å². The molecule has 116 valence electrons.